The molecule has 0 radical (unpaired) electrons. The predicted molar refractivity (Wildman–Crippen MR) is 167 cm³/mol. The van der Waals surface area contributed by atoms with E-state index in [1.165, 1.54) is 24.4 Å². The molecule has 10 heteroatoms. The van der Waals surface area contributed by atoms with E-state index in [4.69, 9.17) is 4.98 Å². The van der Waals surface area contributed by atoms with Gasteiger partial charge >= 0.3 is 0 Å². The van der Waals surface area contributed by atoms with E-state index in [-0.39, 0.29) is 25.3 Å². The topological polar surface area (TPSA) is 101 Å². The van der Waals surface area contributed by atoms with Crippen LogP contribution >= 0.6 is 13.5 Å². The molecular formula is C31H40N8OS. The van der Waals surface area contributed by atoms with Crippen molar-refractivity contribution in [1.82, 2.24) is 34.7 Å². The fraction of sp³-hybridized carbons (Fsp3) is 0.452. The summed E-state index contributed by atoms with van der Waals surface area (Å²) in [4.78, 5) is 33.4. The number of hydrogen-bond acceptors (Lipinski definition) is 7. The molecule has 1 saturated heterocycles. The number of anilines is 1. The molecule has 41 heavy (non-hydrogen) atoms. The van der Waals surface area contributed by atoms with Crippen LogP contribution in [0.4, 0.5) is 5.82 Å². The van der Waals surface area contributed by atoms with E-state index in [1.54, 1.807) is 25.6 Å². The average Bonchev–Trinajstić information content (AvgIpc) is 3.43. The molecule has 0 aliphatic carbocycles. The average molecular weight is 573 g/mol. The number of rotatable bonds is 7. The Morgan fingerprint density at radius 2 is 1.85 bits per heavy atom. The van der Waals surface area contributed by atoms with E-state index in [0.29, 0.717) is 23.9 Å². The number of benzene rings is 1. The van der Waals surface area contributed by atoms with Crippen LogP contribution in [-0.4, -0.2) is 69.0 Å². The van der Waals surface area contributed by atoms with Gasteiger partial charge in [0.05, 0.1) is 11.1 Å². The van der Waals surface area contributed by atoms with Gasteiger partial charge in [0.25, 0.3) is 5.91 Å². The second-order valence-electron chi connectivity index (χ2n) is 11.3. The number of amides is 1. The summed E-state index contributed by atoms with van der Waals surface area (Å²) in [6, 6.07) is 9.91. The van der Waals surface area contributed by atoms with Crippen molar-refractivity contribution in [2.24, 2.45) is 0 Å². The van der Waals surface area contributed by atoms with Gasteiger partial charge in [-0.25, -0.2) is 15.0 Å². The predicted octanol–water partition coefficient (Wildman–Crippen LogP) is 4.45. The Hall–Kier alpha value is -3.50. The highest BCUT2D eigenvalue weighted by molar-refractivity contribution is 7.59. The molecular weight excluding hydrogens is 532 g/mol. The molecule has 1 amide bonds. The van der Waals surface area contributed by atoms with Crippen molar-refractivity contribution in [2.45, 2.75) is 56.9 Å². The highest BCUT2D eigenvalue weighted by Crippen LogP contribution is 2.34. The number of pyridine rings is 1. The first-order chi connectivity index (χ1) is 19.5. The van der Waals surface area contributed by atoms with Gasteiger partial charge in [0, 0.05) is 79.5 Å². The lowest BCUT2D eigenvalue weighted by atomic mass is 9.91. The first-order valence-corrected chi connectivity index (χ1v) is 14.4. The Kier molecular flexibility index (Phi) is 8.89. The molecule has 5 heterocycles. The van der Waals surface area contributed by atoms with Crippen molar-refractivity contribution < 1.29 is 4.79 Å². The number of likely N-dealkylation sites (tertiary alicyclic amines) is 1. The standard InChI is InChI=1S/C31H38N8O.H2S/c1-20(23-5-4-6-24-25(31(40)32-2)7-11-33-30(23)24)17-34-28-16-26(36-19-37-28)22-10-14-39-27(18-35-29(39)15-22)21-8-12-38(3)13-9-21;/h4-7,11,16,18-22H,8-10,12-15,17H2,1-3H3,(H,32,40)(H,34,36,37);1H2/t20-,22?;/m1./s1. The SMILES string of the molecule is CNC(=O)c1ccnc2c([C@H](C)CNc3cc(C4CCn5c(C6CCN(C)CC6)cnc5C4)ncn3)cccc12.S. The van der Waals surface area contributed by atoms with Gasteiger partial charge in [-0.3, -0.25) is 9.78 Å². The third-order valence-electron chi connectivity index (χ3n) is 8.74. The lowest BCUT2D eigenvalue weighted by Gasteiger charge is -2.31. The zero-order chi connectivity index (χ0) is 27.6. The molecule has 9 nitrogen and oxygen atoms in total. The van der Waals surface area contributed by atoms with Crippen molar-refractivity contribution in [3.05, 3.63) is 77.4 Å². The number of hydrogen-bond donors (Lipinski definition) is 2. The molecule has 0 bridgehead atoms. The Balaban J connectivity index is 0.00000337. The third-order valence-corrected chi connectivity index (χ3v) is 8.74. The molecule has 2 aliphatic heterocycles. The van der Waals surface area contributed by atoms with Crippen molar-refractivity contribution in [3.63, 3.8) is 0 Å². The molecule has 3 aromatic heterocycles. The minimum absolute atomic E-state index is 0. The summed E-state index contributed by atoms with van der Waals surface area (Å²) in [5, 5.41) is 7.11. The number of imidazole rings is 1. The number of nitrogens with one attached hydrogen (secondary N) is 2. The summed E-state index contributed by atoms with van der Waals surface area (Å²) < 4.78 is 2.47. The maximum Gasteiger partial charge on any atom is 0.251 e. The van der Waals surface area contributed by atoms with E-state index < -0.39 is 0 Å². The molecule has 4 aromatic rings. The Morgan fingerprint density at radius 1 is 1.05 bits per heavy atom. The first-order valence-electron chi connectivity index (χ1n) is 14.4. The van der Waals surface area contributed by atoms with Crippen LogP contribution in [0.5, 0.6) is 0 Å². The minimum atomic E-state index is -0.105. The number of carbonyl (C=O) groups excluding carboxylic acids is 1. The summed E-state index contributed by atoms with van der Waals surface area (Å²) in [5.41, 5.74) is 5.10. The fourth-order valence-electron chi connectivity index (χ4n) is 6.33. The molecule has 0 saturated carbocycles. The van der Waals surface area contributed by atoms with Gasteiger partial charge in [-0.2, -0.15) is 13.5 Å². The van der Waals surface area contributed by atoms with E-state index in [2.05, 4.69) is 67.4 Å². The van der Waals surface area contributed by atoms with Crippen molar-refractivity contribution in [3.8, 4) is 0 Å². The van der Waals surface area contributed by atoms with Crippen LogP contribution in [0.3, 0.4) is 0 Å². The van der Waals surface area contributed by atoms with Gasteiger partial charge in [-0.15, -0.1) is 0 Å². The molecule has 1 unspecified atom stereocenters. The molecule has 1 aromatic carbocycles. The molecule has 1 fully saturated rings. The molecule has 2 aliphatic rings. The lowest BCUT2D eigenvalue weighted by Crippen LogP contribution is -2.30. The Labute approximate surface area is 248 Å². The number of aromatic nitrogens is 5. The fourth-order valence-corrected chi connectivity index (χ4v) is 6.33. The second kappa shape index (κ2) is 12.6. The number of fused-ring (bicyclic) bond motifs is 2. The quantitative estimate of drug-likeness (QED) is 0.338. The van der Waals surface area contributed by atoms with Crippen LogP contribution in [0.25, 0.3) is 10.9 Å². The zero-order valence-electron chi connectivity index (χ0n) is 24.1. The van der Waals surface area contributed by atoms with Crippen LogP contribution in [0.15, 0.2) is 49.1 Å². The summed E-state index contributed by atoms with van der Waals surface area (Å²) in [6.07, 6.45) is 9.91. The van der Waals surface area contributed by atoms with Crippen LogP contribution in [-0.2, 0) is 13.0 Å². The van der Waals surface area contributed by atoms with Gasteiger partial charge < -0.3 is 20.1 Å². The summed E-state index contributed by atoms with van der Waals surface area (Å²) in [5.74, 6) is 3.04. The maximum absolute atomic E-state index is 12.4. The van der Waals surface area contributed by atoms with Gasteiger partial charge in [0.1, 0.15) is 18.0 Å². The molecule has 2 atom stereocenters. The van der Waals surface area contributed by atoms with Crippen LogP contribution < -0.4 is 10.6 Å². The monoisotopic (exact) mass is 572 g/mol. The van der Waals surface area contributed by atoms with Gasteiger partial charge in [-0.1, -0.05) is 25.1 Å². The molecule has 2 N–H and O–H groups in total. The smallest absolute Gasteiger partial charge is 0.251 e. The molecule has 216 valence electrons. The van der Waals surface area contributed by atoms with Crippen LogP contribution in [0.1, 0.15) is 77.1 Å². The van der Waals surface area contributed by atoms with E-state index in [0.717, 1.165) is 60.5 Å². The number of carbonyl (C=O) groups is 1. The van der Waals surface area contributed by atoms with E-state index >= 15 is 0 Å². The Morgan fingerprint density at radius 3 is 2.66 bits per heavy atom. The maximum atomic E-state index is 12.4. The van der Waals surface area contributed by atoms with Crippen LogP contribution in [0, 0.1) is 0 Å². The summed E-state index contributed by atoms with van der Waals surface area (Å²) in [7, 11) is 3.86. The highest BCUT2D eigenvalue weighted by Gasteiger charge is 2.28. The van der Waals surface area contributed by atoms with Crippen molar-refractivity contribution in [2.75, 3.05) is 39.0 Å². The van der Waals surface area contributed by atoms with Crippen molar-refractivity contribution >= 4 is 36.1 Å². The summed E-state index contributed by atoms with van der Waals surface area (Å²) >= 11 is 0. The zero-order valence-corrected chi connectivity index (χ0v) is 25.1. The minimum Gasteiger partial charge on any atom is -0.369 e. The third kappa shape index (κ3) is 5.94. The number of piperidine rings is 1. The van der Waals surface area contributed by atoms with Crippen molar-refractivity contribution in [1.29, 1.82) is 0 Å². The largest absolute Gasteiger partial charge is 0.369 e. The summed E-state index contributed by atoms with van der Waals surface area (Å²) in [6.45, 7) is 6.18. The molecule has 0 spiro atoms. The second-order valence-corrected chi connectivity index (χ2v) is 11.3. The number of para-hydroxylation sites is 1. The van der Waals surface area contributed by atoms with E-state index in [9.17, 15) is 4.79 Å². The van der Waals surface area contributed by atoms with Gasteiger partial charge in [0.2, 0.25) is 0 Å². The van der Waals surface area contributed by atoms with Gasteiger partial charge in [0.15, 0.2) is 0 Å². The highest BCUT2D eigenvalue weighted by atomic mass is 32.1. The molecule has 6 rings (SSSR count). The first kappa shape index (κ1) is 29.0. The normalized spacial score (nSPS) is 18.4. The van der Waals surface area contributed by atoms with E-state index in [1.807, 2.05) is 12.1 Å². The Bertz CT molecular complexity index is 1510. The van der Waals surface area contributed by atoms with Crippen LogP contribution in [0.2, 0.25) is 0 Å². The lowest BCUT2D eigenvalue weighted by molar-refractivity contribution is 0.0964. The number of nitrogens with zero attached hydrogens (tertiary/aromatic N) is 6. The van der Waals surface area contributed by atoms with Gasteiger partial charge in [-0.05, 0) is 51.0 Å².